The highest BCUT2D eigenvalue weighted by atomic mass is 35.5. The van der Waals surface area contributed by atoms with Crippen LogP contribution in [0, 0.1) is 0 Å². The molecule has 1 fully saturated rings. The fourth-order valence-corrected chi connectivity index (χ4v) is 5.56. The zero-order valence-corrected chi connectivity index (χ0v) is 23.3. The summed E-state index contributed by atoms with van der Waals surface area (Å²) in [5.41, 5.74) is 2.54. The molecule has 8 nitrogen and oxygen atoms in total. The number of benzene rings is 2. The van der Waals surface area contributed by atoms with Crippen molar-refractivity contribution in [1.29, 1.82) is 0 Å². The van der Waals surface area contributed by atoms with E-state index in [-0.39, 0.29) is 6.04 Å². The molecular weight excluding hydrogens is 567 g/mol. The van der Waals surface area contributed by atoms with Gasteiger partial charge in [0.25, 0.3) is 0 Å². The maximum Gasteiger partial charge on any atom is 0.229 e. The number of methoxy groups -OCH3 is 1. The van der Waals surface area contributed by atoms with Gasteiger partial charge in [0.05, 0.1) is 40.8 Å². The quantitative estimate of drug-likeness (QED) is 0.246. The smallest absolute Gasteiger partial charge is 0.229 e. The molecule has 0 amide bonds. The summed E-state index contributed by atoms with van der Waals surface area (Å²) in [6.45, 7) is 0. The summed E-state index contributed by atoms with van der Waals surface area (Å²) >= 11 is 18.1. The minimum atomic E-state index is -3.50. The van der Waals surface area contributed by atoms with Crippen molar-refractivity contribution in [2.24, 2.45) is 0 Å². The molecule has 3 heterocycles. The largest absolute Gasteiger partial charge is 0.494 e. The van der Waals surface area contributed by atoms with Gasteiger partial charge in [-0.05, 0) is 66.8 Å². The Morgan fingerprint density at radius 2 is 1.89 bits per heavy atom. The lowest BCUT2D eigenvalue weighted by atomic mass is 10.0. The van der Waals surface area contributed by atoms with E-state index in [1.165, 1.54) is 7.11 Å². The van der Waals surface area contributed by atoms with Crippen molar-refractivity contribution in [2.45, 2.75) is 12.1 Å². The van der Waals surface area contributed by atoms with Gasteiger partial charge in [0.1, 0.15) is 23.3 Å². The molecule has 0 unspecified atom stereocenters. The van der Waals surface area contributed by atoms with E-state index in [0.717, 1.165) is 17.5 Å². The molecule has 2 atom stereocenters. The van der Waals surface area contributed by atoms with Crippen LogP contribution in [0.2, 0.25) is 10.0 Å². The number of thiocarbonyl (C=S) groups is 1. The second kappa shape index (κ2) is 10.5. The summed E-state index contributed by atoms with van der Waals surface area (Å²) in [7, 11) is -2.03. The maximum atomic E-state index is 11.8. The molecule has 0 radical (unpaired) electrons. The van der Waals surface area contributed by atoms with E-state index in [1.807, 2.05) is 41.3 Å². The van der Waals surface area contributed by atoms with Crippen molar-refractivity contribution in [1.82, 2.24) is 10.3 Å². The SMILES string of the molecule is COc1cc(N2C(=S)N[C@@H](c3ccccn3)[C@@H]2c2ccc(-c3ccc(Cl)c(Cl)c3)o2)ccc1NS(C)(=O)=O. The van der Waals surface area contributed by atoms with E-state index in [2.05, 4.69) is 15.0 Å². The predicted octanol–water partition coefficient (Wildman–Crippen LogP) is 6.21. The first-order valence-corrected chi connectivity index (χ1v) is 14.4. The van der Waals surface area contributed by atoms with Crippen LogP contribution in [0.5, 0.6) is 5.75 Å². The van der Waals surface area contributed by atoms with Crippen molar-refractivity contribution in [2.75, 3.05) is 23.0 Å². The molecule has 196 valence electrons. The Hall–Kier alpha value is -3.31. The molecule has 12 heteroatoms. The van der Waals surface area contributed by atoms with Crippen LogP contribution in [0.15, 0.2) is 77.3 Å². The normalized spacial score (nSPS) is 17.4. The number of hydrogen-bond donors (Lipinski definition) is 2. The van der Waals surface area contributed by atoms with Gasteiger partial charge >= 0.3 is 0 Å². The number of halogens is 2. The molecule has 0 bridgehead atoms. The third-order valence-electron chi connectivity index (χ3n) is 5.98. The Morgan fingerprint density at radius 3 is 2.58 bits per heavy atom. The fraction of sp³-hybridized carbons (Fsp3) is 0.154. The first-order valence-electron chi connectivity index (χ1n) is 11.4. The third-order valence-corrected chi connectivity index (χ3v) is 7.62. The van der Waals surface area contributed by atoms with Gasteiger partial charge in [0, 0.05) is 23.5 Å². The van der Waals surface area contributed by atoms with Gasteiger partial charge in [-0.3, -0.25) is 9.71 Å². The number of pyridine rings is 1. The van der Waals surface area contributed by atoms with E-state index >= 15 is 0 Å². The molecule has 0 aliphatic carbocycles. The van der Waals surface area contributed by atoms with Crippen LogP contribution in [-0.4, -0.2) is 31.9 Å². The maximum absolute atomic E-state index is 11.8. The van der Waals surface area contributed by atoms with Gasteiger partial charge in [0.2, 0.25) is 10.0 Å². The molecular formula is C26H22Cl2N4O4S2. The topological polar surface area (TPSA) is 96.7 Å². The molecule has 0 spiro atoms. The molecule has 4 aromatic rings. The Labute approximate surface area is 235 Å². The molecule has 2 aromatic heterocycles. The van der Waals surface area contributed by atoms with Crippen LogP contribution in [0.4, 0.5) is 11.4 Å². The van der Waals surface area contributed by atoms with E-state index in [1.54, 1.807) is 36.5 Å². The van der Waals surface area contributed by atoms with Gasteiger partial charge in [0.15, 0.2) is 5.11 Å². The van der Waals surface area contributed by atoms with E-state index in [0.29, 0.717) is 43.8 Å². The highest BCUT2D eigenvalue weighted by molar-refractivity contribution is 7.92. The number of hydrogen-bond acceptors (Lipinski definition) is 6. The van der Waals surface area contributed by atoms with Crippen molar-refractivity contribution in [3.63, 3.8) is 0 Å². The number of ether oxygens (including phenoxy) is 1. The van der Waals surface area contributed by atoms with Crippen LogP contribution in [-0.2, 0) is 10.0 Å². The first kappa shape index (κ1) is 26.3. The third kappa shape index (κ3) is 5.30. The van der Waals surface area contributed by atoms with Gasteiger partial charge in [-0.25, -0.2) is 8.42 Å². The number of furan rings is 1. The molecule has 2 N–H and O–H groups in total. The number of anilines is 2. The second-order valence-electron chi connectivity index (χ2n) is 8.59. The Morgan fingerprint density at radius 1 is 1.08 bits per heavy atom. The summed E-state index contributed by atoms with van der Waals surface area (Å²) in [5, 5.41) is 4.70. The molecule has 0 saturated carbocycles. The summed E-state index contributed by atoms with van der Waals surface area (Å²) < 4.78 is 37.9. The van der Waals surface area contributed by atoms with Gasteiger partial charge in [-0.1, -0.05) is 29.3 Å². The Kier molecular flexibility index (Phi) is 7.23. The minimum Gasteiger partial charge on any atom is -0.494 e. The highest BCUT2D eigenvalue weighted by Gasteiger charge is 2.42. The van der Waals surface area contributed by atoms with Gasteiger partial charge in [-0.2, -0.15) is 0 Å². The van der Waals surface area contributed by atoms with Crippen molar-refractivity contribution in [3.05, 3.63) is 94.4 Å². The van der Waals surface area contributed by atoms with Crippen LogP contribution in [0.1, 0.15) is 23.5 Å². The number of nitrogens with one attached hydrogen (secondary N) is 2. The van der Waals surface area contributed by atoms with Gasteiger partial charge in [-0.15, -0.1) is 0 Å². The lowest BCUT2D eigenvalue weighted by Gasteiger charge is -2.27. The number of rotatable bonds is 7. The molecule has 38 heavy (non-hydrogen) atoms. The summed E-state index contributed by atoms with van der Waals surface area (Å²) in [6, 6.07) is 19.1. The number of aromatic nitrogens is 1. The average molecular weight is 590 g/mol. The van der Waals surface area contributed by atoms with E-state index < -0.39 is 16.1 Å². The van der Waals surface area contributed by atoms with E-state index in [9.17, 15) is 8.42 Å². The average Bonchev–Trinajstić information content (AvgIpc) is 3.50. The summed E-state index contributed by atoms with van der Waals surface area (Å²) in [5.74, 6) is 1.58. The lowest BCUT2D eigenvalue weighted by molar-refractivity contribution is 0.416. The zero-order valence-electron chi connectivity index (χ0n) is 20.2. The molecule has 1 aliphatic heterocycles. The van der Waals surface area contributed by atoms with Crippen molar-refractivity contribution >= 4 is 61.9 Å². The van der Waals surface area contributed by atoms with Crippen LogP contribution >= 0.6 is 35.4 Å². The molecule has 2 aromatic carbocycles. The monoisotopic (exact) mass is 588 g/mol. The molecule has 1 saturated heterocycles. The van der Waals surface area contributed by atoms with Crippen LogP contribution in [0.3, 0.4) is 0 Å². The lowest BCUT2D eigenvalue weighted by Crippen LogP contribution is -2.29. The fourth-order valence-electron chi connectivity index (χ4n) is 4.35. The predicted molar refractivity (Wildman–Crippen MR) is 154 cm³/mol. The van der Waals surface area contributed by atoms with Gasteiger partial charge < -0.3 is 19.4 Å². The standard InChI is InChI=1S/C26H22Cl2N4O4S2/c1-35-23-14-16(7-9-19(23)31-38(2,33)34)32-25(24(30-26(32)37)20-5-3-4-12-29-20)22-11-10-21(36-22)15-6-8-17(27)18(28)13-15/h3-14,24-25,31H,1-2H3,(H,30,37)/t24-,25-/m0/s1. The number of nitrogens with zero attached hydrogens (tertiary/aromatic N) is 2. The zero-order chi connectivity index (χ0) is 27.0. The Balaban J connectivity index is 1.59. The van der Waals surface area contributed by atoms with E-state index in [4.69, 9.17) is 44.6 Å². The van der Waals surface area contributed by atoms with Crippen molar-refractivity contribution < 1.29 is 17.6 Å². The summed E-state index contributed by atoms with van der Waals surface area (Å²) in [4.78, 5) is 6.45. The molecule has 5 rings (SSSR count). The first-order chi connectivity index (χ1) is 18.1. The van der Waals surface area contributed by atoms with Crippen LogP contribution < -0.4 is 19.7 Å². The number of sulfonamides is 1. The second-order valence-corrected chi connectivity index (χ2v) is 11.5. The Bertz CT molecular complexity index is 1610. The van der Waals surface area contributed by atoms with Crippen molar-refractivity contribution in [3.8, 4) is 17.1 Å². The molecule has 1 aliphatic rings. The minimum absolute atomic E-state index is 0.314. The summed E-state index contributed by atoms with van der Waals surface area (Å²) in [6.07, 6.45) is 2.80. The highest BCUT2D eigenvalue weighted by Crippen LogP contribution is 2.44. The van der Waals surface area contributed by atoms with Crippen LogP contribution in [0.25, 0.3) is 11.3 Å².